The maximum Gasteiger partial charge on any atom is 0.295 e. The molecule has 0 saturated carbocycles. The summed E-state index contributed by atoms with van der Waals surface area (Å²) >= 11 is 1.58. The molecule has 0 amide bonds. The summed E-state index contributed by atoms with van der Waals surface area (Å²) < 4.78 is 32.3. The fourth-order valence-corrected chi connectivity index (χ4v) is 2.21. The zero-order valence-electron chi connectivity index (χ0n) is 11.1. The maximum atomic E-state index is 13.7. The second-order valence-corrected chi connectivity index (χ2v) is 5.03. The van der Waals surface area contributed by atoms with Crippen LogP contribution in [0.25, 0.3) is 0 Å². The van der Waals surface area contributed by atoms with Crippen molar-refractivity contribution in [1.82, 2.24) is 0 Å². The molecule has 0 fully saturated rings. The van der Waals surface area contributed by atoms with Crippen molar-refractivity contribution in [3.05, 3.63) is 57.5 Å². The average Bonchev–Trinajstić information content (AvgIpc) is 2.88. The molecule has 5 nitrogen and oxygen atoms in total. The third-order valence-corrected chi connectivity index (χ3v) is 3.29. The minimum absolute atomic E-state index is 0.0234. The van der Waals surface area contributed by atoms with E-state index in [1.54, 1.807) is 23.9 Å². The van der Waals surface area contributed by atoms with Gasteiger partial charge in [-0.15, -0.1) is 0 Å². The molecule has 0 spiro atoms. The molecule has 0 aliphatic rings. The molecule has 0 aliphatic carbocycles. The van der Waals surface area contributed by atoms with Gasteiger partial charge < -0.3 is 9.73 Å². The van der Waals surface area contributed by atoms with Crippen molar-refractivity contribution in [3.8, 4) is 0 Å². The summed E-state index contributed by atoms with van der Waals surface area (Å²) in [5.74, 6) is -0.509. The fourth-order valence-electron chi connectivity index (χ4n) is 1.77. The molecule has 0 radical (unpaired) electrons. The highest BCUT2D eigenvalue weighted by Crippen LogP contribution is 2.29. The maximum absolute atomic E-state index is 13.7. The first-order chi connectivity index (χ1) is 10.0. The number of halogens is 2. The van der Waals surface area contributed by atoms with Crippen molar-refractivity contribution < 1.29 is 18.1 Å². The molecule has 8 heteroatoms. The largest absolute Gasteiger partial charge is 0.463 e. The zero-order chi connectivity index (χ0) is 15.4. The Balaban J connectivity index is 2.18. The molecule has 112 valence electrons. The van der Waals surface area contributed by atoms with Gasteiger partial charge in [-0.2, -0.15) is 11.8 Å². The molecule has 0 unspecified atom stereocenters. The van der Waals surface area contributed by atoms with Gasteiger partial charge in [0.1, 0.15) is 11.5 Å². The van der Waals surface area contributed by atoms with Crippen molar-refractivity contribution in [2.45, 2.75) is 12.3 Å². The topological polar surface area (TPSA) is 68.3 Å². The van der Waals surface area contributed by atoms with E-state index in [9.17, 15) is 18.9 Å². The van der Waals surface area contributed by atoms with E-state index in [-0.39, 0.29) is 6.54 Å². The van der Waals surface area contributed by atoms with Gasteiger partial charge in [-0.3, -0.25) is 10.1 Å². The van der Waals surface area contributed by atoms with Gasteiger partial charge in [-0.1, -0.05) is 0 Å². The van der Waals surface area contributed by atoms with Crippen LogP contribution < -0.4 is 5.32 Å². The number of benzene rings is 1. The Hall–Kier alpha value is -2.09. The Morgan fingerprint density at radius 1 is 1.29 bits per heavy atom. The third kappa shape index (κ3) is 3.52. The molecule has 0 bridgehead atoms. The number of nitrogens with one attached hydrogen (secondary N) is 1. The minimum Gasteiger partial charge on any atom is -0.463 e. The monoisotopic (exact) mass is 314 g/mol. The molecule has 2 rings (SSSR count). The lowest BCUT2D eigenvalue weighted by Gasteiger charge is -2.07. The second kappa shape index (κ2) is 6.57. The summed E-state index contributed by atoms with van der Waals surface area (Å²) in [5, 5.41) is 13.4. The number of hydrogen-bond donors (Lipinski definition) is 1. The number of anilines is 1. The lowest BCUT2D eigenvalue weighted by atomic mass is 10.2. The van der Waals surface area contributed by atoms with Crippen LogP contribution in [0, 0.1) is 21.7 Å². The summed E-state index contributed by atoms with van der Waals surface area (Å²) in [6.07, 6.45) is 1.92. The molecule has 1 heterocycles. The first kappa shape index (κ1) is 15.3. The molecule has 21 heavy (non-hydrogen) atoms. The number of thioether (sulfide) groups is 1. The number of nitro benzene ring substituents is 1. The van der Waals surface area contributed by atoms with Crippen LogP contribution >= 0.6 is 11.8 Å². The van der Waals surface area contributed by atoms with E-state index >= 15 is 0 Å². The number of rotatable bonds is 6. The first-order valence-electron chi connectivity index (χ1n) is 5.95. The smallest absolute Gasteiger partial charge is 0.295 e. The van der Waals surface area contributed by atoms with E-state index in [4.69, 9.17) is 4.42 Å². The Bertz CT molecular complexity index is 661. The molecule has 0 saturated heterocycles. The van der Waals surface area contributed by atoms with Gasteiger partial charge in [0.25, 0.3) is 5.69 Å². The van der Waals surface area contributed by atoms with E-state index in [1.165, 1.54) is 0 Å². The average molecular weight is 314 g/mol. The van der Waals surface area contributed by atoms with Crippen LogP contribution in [-0.2, 0) is 12.3 Å². The van der Waals surface area contributed by atoms with Crippen LogP contribution in [0.2, 0.25) is 0 Å². The van der Waals surface area contributed by atoms with Crippen LogP contribution in [0.5, 0.6) is 0 Å². The Kier molecular flexibility index (Phi) is 4.79. The highest BCUT2D eigenvalue weighted by molar-refractivity contribution is 7.97. The lowest BCUT2D eigenvalue weighted by molar-refractivity contribution is -0.384. The molecular formula is C13H12F2N2O3S. The van der Waals surface area contributed by atoms with Gasteiger partial charge in [0, 0.05) is 6.07 Å². The molecule has 1 aromatic heterocycles. The number of nitrogens with zero attached hydrogens (tertiary/aromatic N) is 1. The van der Waals surface area contributed by atoms with Gasteiger partial charge in [-0.05, 0) is 24.5 Å². The predicted molar refractivity (Wildman–Crippen MR) is 76.3 cm³/mol. The van der Waals surface area contributed by atoms with E-state index in [1.807, 2.05) is 6.26 Å². The summed E-state index contributed by atoms with van der Waals surface area (Å²) in [4.78, 5) is 10.1. The summed E-state index contributed by atoms with van der Waals surface area (Å²) in [6, 6.07) is 5.09. The Morgan fingerprint density at radius 2 is 2.00 bits per heavy atom. The second-order valence-electron chi connectivity index (χ2n) is 4.17. The van der Waals surface area contributed by atoms with Crippen molar-refractivity contribution >= 4 is 23.1 Å². The Labute approximate surface area is 123 Å². The molecule has 2 aromatic rings. The normalized spacial score (nSPS) is 10.6. The lowest BCUT2D eigenvalue weighted by Crippen LogP contribution is -2.05. The van der Waals surface area contributed by atoms with Crippen LogP contribution in [0.1, 0.15) is 11.5 Å². The van der Waals surface area contributed by atoms with Gasteiger partial charge in [0.2, 0.25) is 0 Å². The SMILES string of the molecule is CSCc1ccc(CNc2c([N+](=O)[O-])ccc(F)c2F)o1. The van der Waals surface area contributed by atoms with Gasteiger partial charge in [0.15, 0.2) is 17.3 Å². The van der Waals surface area contributed by atoms with Gasteiger partial charge >= 0.3 is 0 Å². The quantitative estimate of drug-likeness (QED) is 0.646. The zero-order valence-corrected chi connectivity index (χ0v) is 11.9. The van der Waals surface area contributed by atoms with Gasteiger partial charge in [-0.25, -0.2) is 8.78 Å². The van der Waals surface area contributed by atoms with Crippen LogP contribution in [-0.4, -0.2) is 11.2 Å². The van der Waals surface area contributed by atoms with Crippen LogP contribution in [0.15, 0.2) is 28.7 Å². The van der Waals surface area contributed by atoms with E-state index in [2.05, 4.69) is 5.32 Å². The standard InChI is InChI=1S/C13H12F2N2O3S/c1-21-7-9-3-2-8(20-9)6-16-13-11(17(18)19)5-4-10(14)12(13)15/h2-5,16H,6-7H2,1H3. The number of nitro groups is 1. The number of furan rings is 1. The molecule has 1 aromatic carbocycles. The summed E-state index contributed by atoms with van der Waals surface area (Å²) in [7, 11) is 0. The minimum atomic E-state index is -1.28. The van der Waals surface area contributed by atoms with E-state index in [0.29, 0.717) is 11.5 Å². The summed E-state index contributed by atoms with van der Waals surface area (Å²) in [5.41, 5.74) is -1.01. The highest BCUT2D eigenvalue weighted by Gasteiger charge is 2.21. The van der Waals surface area contributed by atoms with Crippen molar-refractivity contribution in [1.29, 1.82) is 0 Å². The van der Waals surface area contributed by atoms with Crippen molar-refractivity contribution in [2.24, 2.45) is 0 Å². The van der Waals surface area contributed by atoms with Crippen LogP contribution in [0.3, 0.4) is 0 Å². The van der Waals surface area contributed by atoms with Crippen LogP contribution in [0.4, 0.5) is 20.2 Å². The van der Waals surface area contributed by atoms with Crippen molar-refractivity contribution in [3.63, 3.8) is 0 Å². The molecule has 0 aliphatic heterocycles. The predicted octanol–water partition coefficient (Wildman–Crippen LogP) is 3.94. The molecule has 1 N–H and O–H groups in total. The molecule has 0 atom stereocenters. The first-order valence-corrected chi connectivity index (χ1v) is 7.35. The molecular weight excluding hydrogens is 302 g/mol. The number of hydrogen-bond acceptors (Lipinski definition) is 5. The fraction of sp³-hybridized carbons (Fsp3) is 0.231. The highest BCUT2D eigenvalue weighted by atomic mass is 32.2. The Morgan fingerprint density at radius 3 is 2.67 bits per heavy atom. The van der Waals surface area contributed by atoms with Gasteiger partial charge in [0.05, 0.1) is 17.2 Å². The third-order valence-electron chi connectivity index (χ3n) is 2.71. The van der Waals surface area contributed by atoms with Crippen molar-refractivity contribution in [2.75, 3.05) is 11.6 Å². The van der Waals surface area contributed by atoms with E-state index in [0.717, 1.165) is 17.9 Å². The van der Waals surface area contributed by atoms with E-state index < -0.39 is 27.9 Å². The summed E-state index contributed by atoms with van der Waals surface area (Å²) in [6.45, 7) is 0.0234.